The van der Waals surface area contributed by atoms with E-state index in [9.17, 15) is 9.59 Å². The Hall–Kier alpha value is -1.43. The van der Waals surface area contributed by atoms with E-state index in [2.05, 4.69) is 32.7 Å². The van der Waals surface area contributed by atoms with Crippen molar-refractivity contribution in [2.24, 2.45) is 11.3 Å². The van der Waals surface area contributed by atoms with Gasteiger partial charge in [-0.2, -0.15) is 0 Å². The zero-order chi connectivity index (χ0) is 20.0. The first-order chi connectivity index (χ1) is 12.7. The fraction of sp³-hybridized carbons (Fsp3) is 0.762. The summed E-state index contributed by atoms with van der Waals surface area (Å²) in [7, 11) is 1.36. The van der Waals surface area contributed by atoms with Crippen LogP contribution >= 0.6 is 11.3 Å². The molecule has 1 fully saturated rings. The molecule has 0 saturated heterocycles. The lowest BCUT2D eigenvalue weighted by Gasteiger charge is -2.35. The smallest absolute Gasteiger partial charge is 0.357 e. The molecule has 0 radical (unpaired) electrons. The first kappa shape index (κ1) is 21.9. The number of carbonyl (C=O) groups is 2. The van der Waals surface area contributed by atoms with Gasteiger partial charge in [-0.15, -0.1) is 11.3 Å². The van der Waals surface area contributed by atoms with Crippen molar-refractivity contribution in [1.82, 2.24) is 9.88 Å². The molecule has 1 atom stereocenters. The maximum absolute atomic E-state index is 13.2. The highest BCUT2D eigenvalue weighted by atomic mass is 32.1. The molecule has 0 aliphatic heterocycles. The van der Waals surface area contributed by atoms with Gasteiger partial charge >= 0.3 is 5.97 Å². The Morgan fingerprint density at radius 3 is 2.56 bits per heavy atom. The van der Waals surface area contributed by atoms with E-state index in [0.29, 0.717) is 30.6 Å². The van der Waals surface area contributed by atoms with Gasteiger partial charge in [-0.3, -0.25) is 4.79 Å². The number of carbonyl (C=O) groups excluding carboxylic acids is 2. The summed E-state index contributed by atoms with van der Waals surface area (Å²) in [6.07, 6.45) is 7.34. The molecule has 1 heterocycles. The molecule has 0 bridgehead atoms. The van der Waals surface area contributed by atoms with Crippen LogP contribution in [0.5, 0.6) is 0 Å². The van der Waals surface area contributed by atoms with Crippen molar-refractivity contribution in [3.8, 4) is 0 Å². The standard InChI is InChI=1S/C21H34N2O3S/c1-15(12-21(2,3)4)11-19(24)23(16-9-7-6-8-10-16)13-18-22-17(14-27-18)20(25)26-5/h14-16H,6-13H2,1-5H3/t15-/m0/s1. The lowest BCUT2D eigenvalue weighted by Crippen LogP contribution is -2.41. The van der Waals surface area contributed by atoms with E-state index in [1.807, 2.05) is 4.90 Å². The average molecular weight is 395 g/mol. The molecular weight excluding hydrogens is 360 g/mol. The second-order valence-electron chi connectivity index (χ2n) is 9.01. The summed E-state index contributed by atoms with van der Waals surface area (Å²) in [4.78, 5) is 31.2. The van der Waals surface area contributed by atoms with Gasteiger partial charge in [0.25, 0.3) is 0 Å². The van der Waals surface area contributed by atoms with Crippen molar-refractivity contribution in [1.29, 1.82) is 0 Å². The van der Waals surface area contributed by atoms with E-state index in [1.165, 1.54) is 37.7 Å². The molecule has 27 heavy (non-hydrogen) atoms. The van der Waals surface area contributed by atoms with Crippen LogP contribution in [-0.4, -0.2) is 34.9 Å². The number of ether oxygens (including phenoxy) is 1. The Labute approximate surface area is 167 Å². The number of hydrogen-bond donors (Lipinski definition) is 0. The monoisotopic (exact) mass is 394 g/mol. The molecule has 152 valence electrons. The fourth-order valence-electron chi connectivity index (χ4n) is 4.07. The number of rotatable bonds is 7. The number of amides is 1. The molecule has 1 amide bonds. The molecule has 1 aromatic heterocycles. The molecule has 1 aliphatic carbocycles. The number of aromatic nitrogens is 1. The number of hydrogen-bond acceptors (Lipinski definition) is 5. The van der Waals surface area contributed by atoms with Gasteiger partial charge in [-0.1, -0.05) is 47.0 Å². The lowest BCUT2D eigenvalue weighted by atomic mass is 9.84. The van der Waals surface area contributed by atoms with Crippen LogP contribution in [0.4, 0.5) is 0 Å². The Bertz CT molecular complexity index is 630. The number of esters is 1. The Kier molecular flexibility index (Phi) is 7.83. The second kappa shape index (κ2) is 9.67. The SMILES string of the molecule is COC(=O)c1csc(CN(C(=O)C[C@H](C)CC(C)(C)C)C2CCCCC2)n1. The third-order valence-electron chi connectivity index (χ3n) is 5.07. The summed E-state index contributed by atoms with van der Waals surface area (Å²) in [5.74, 6) is 0.144. The summed E-state index contributed by atoms with van der Waals surface area (Å²) < 4.78 is 4.74. The first-order valence-electron chi connectivity index (χ1n) is 10.0. The van der Waals surface area contributed by atoms with Gasteiger partial charge in [0.2, 0.25) is 5.91 Å². The maximum atomic E-state index is 13.2. The van der Waals surface area contributed by atoms with Crippen LogP contribution in [0.2, 0.25) is 0 Å². The van der Waals surface area contributed by atoms with Gasteiger partial charge in [-0.25, -0.2) is 9.78 Å². The summed E-state index contributed by atoms with van der Waals surface area (Å²) in [5.41, 5.74) is 0.551. The minimum Gasteiger partial charge on any atom is -0.464 e. The van der Waals surface area contributed by atoms with Crippen LogP contribution in [0.15, 0.2) is 5.38 Å². The van der Waals surface area contributed by atoms with Gasteiger partial charge in [0, 0.05) is 17.8 Å². The van der Waals surface area contributed by atoms with Crippen molar-refractivity contribution in [2.75, 3.05) is 7.11 Å². The Morgan fingerprint density at radius 2 is 1.96 bits per heavy atom. The molecule has 1 aromatic rings. The van der Waals surface area contributed by atoms with Crippen LogP contribution in [0.25, 0.3) is 0 Å². The van der Waals surface area contributed by atoms with Crippen LogP contribution < -0.4 is 0 Å². The minimum absolute atomic E-state index is 0.216. The van der Waals surface area contributed by atoms with Crippen LogP contribution in [0.3, 0.4) is 0 Å². The summed E-state index contributed by atoms with van der Waals surface area (Å²) in [6.45, 7) is 9.32. The lowest BCUT2D eigenvalue weighted by molar-refractivity contribution is -0.136. The van der Waals surface area contributed by atoms with E-state index in [-0.39, 0.29) is 11.3 Å². The Morgan fingerprint density at radius 1 is 1.30 bits per heavy atom. The topological polar surface area (TPSA) is 59.5 Å². The van der Waals surface area contributed by atoms with E-state index in [1.54, 1.807) is 5.38 Å². The van der Waals surface area contributed by atoms with E-state index >= 15 is 0 Å². The highest BCUT2D eigenvalue weighted by Gasteiger charge is 2.28. The molecular formula is C21H34N2O3S. The molecule has 1 aliphatic rings. The van der Waals surface area contributed by atoms with Crippen molar-refractivity contribution >= 4 is 23.2 Å². The fourth-order valence-corrected chi connectivity index (χ4v) is 4.84. The summed E-state index contributed by atoms with van der Waals surface area (Å²) in [5, 5.41) is 2.52. The number of thiazole rings is 1. The van der Waals surface area contributed by atoms with E-state index < -0.39 is 5.97 Å². The molecule has 0 aromatic carbocycles. The predicted molar refractivity (Wildman–Crippen MR) is 109 cm³/mol. The molecule has 5 nitrogen and oxygen atoms in total. The van der Waals surface area contributed by atoms with Gasteiger partial charge in [0.05, 0.1) is 13.7 Å². The van der Waals surface area contributed by atoms with Crippen molar-refractivity contribution in [3.63, 3.8) is 0 Å². The molecule has 0 N–H and O–H groups in total. The average Bonchev–Trinajstić information content (AvgIpc) is 3.06. The third-order valence-corrected chi connectivity index (χ3v) is 5.91. The second-order valence-corrected chi connectivity index (χ2v) is 9.95. The maximum Gasteiger partial charge on any atom is 0.357 e. The quantitative estimate of drug-likeness (QED) is 0.607. The van der Waals surface area contributed by atoms with E-state index in [4.69, 9.17) is 4.74 Å². The first-order valence-corrected chi connectivity index (χ1v) is 10.9. The molecule has 6 heteroatoms. The van der Waals surface area contributed by atoms with Crippen molar-refractivity contribution < 1.29 is 14.3 Å². The number of nitrogens with zero attached hydrogens (tertiary/aromatic N) is 2. The normalized spacial score (nSPS) is 16.8. The molecule has 0 unspecified atom stereocenters. The number of methoxy groups -OCH3 is 1. The molecule has 0 spiro atoms. The largest absolute Gasteiger partial charge is 0.464 e. The highest BCUT2D eigenvalue weighted by molar-refractivity contribution is 7.09. The van der Waals surface area contributed by atoms with Gasteiger partial charge in [-0.05, 0) is 30.6 Å². The van der Waals surface area contributed by atoms with Gasteiger partial charge in [0.15, 0.2) is 5.69 Å². The van der Waals surface area contributed by atoms with Crippen LogP contribution in [-0.2, 0) is 16.1 Å². The van der Waals surface area contributed by atoms with Gasteiger partial charge in [0.1, 0.15) is 5.01 Å². The van der Waals surface area contributed by atoms with Crippen LogP contribution in [0, 0.1) is 11.3 Å². The Balaban J connectivity index is 2.09. The van der Waals surface area contributed by atoms with Crippen molar-refractivity contribution in [3.05, 3.63) is 16.1 Å². The van der Waals surface area contributed by atoms with E-state index in [0.717, 1.165) is 24.3 Å². The van der Waals surface area contributed by atoms with Gasteiger partial charge < -0.3 is 9.64 Å². The highest BCUT2D eigenvalue weighted by Crippen LogP contribution is 2.29. The zero-order valence-electron chi connectivity index (χ0n) is 17.4. The summed E-state index contributed by atoms with van der Waals surface area (Å²) in [6, 6.07) is 0.290. The summed E-state index contributed by atoms with van der Waals surface area (Å²) >= 11 is 1.43. The molecule has 2 rings (SSSR count). The van der Waals surface area contributed by atoms with Crippen LogP contribution in [0.1, 0.15) is 88.1 Å². The van der Waals surface area contributed by atoms with Crippen molar-refractivity contribution in [2.45, 2.75) is 85.2 Å². The predicted octanol–water partition coefficient (Wildman–Crippen LogP) is 5.05. The zero-order valence-corrected chi connectivity index (χ0v) is 18.2. The third kappa shape index (κ3) is 6.91. The molecule has 1 saturated carbocycles. The minimum atomic E-state index is -0.424.